The van der Waals surface area contributed by atoms with Crippen molar-refractivity contribution < 1.29 is 47.0 Å². The minimum Gasteiger partial charge on any atom is -0.459 e. The van der Waals surface area contributed by atoms with Crippen molar-refractivity contribution in [3.8, 4) is 22.4 Å². The van der Waals surface area contributed by atoms with Gasteiger partial charge in [-0.05, 0) is 130 Å². The van der Waals surface area contributed by atoms with Crippen LogP contribution in [0.2, 0.25) is 5.02 Å². The number of imidazole rings is 1. The second kappa shape index (κ2) is 26.4. The third-order valence-electron chi connectivity index (χ3n) is 11.8. The van der Waals surface area contributed by atoms with E-state index in [1.807, 2.05) is 47.6 Å². The maximum atomic E-state index is 15.6. The van der Waals surface area contributed by atoms with Gasteiger partial charge < -0.3 is 44.9 Å². The number of ether oxygens (including phenoxy) is 3. The highest BCUT2D eigenvalue weighted by atomic mass is 35.5. The van der Waals surface area contributed by atoms with Gasteiger partial charge in [0.2, 0.25) is 5.91 Å². The molecule has 1 fully saturated rings. The van der Waals surface area contributed by atoms with Crippen molar-refractivity contribution >= 4 is 47.1 Å². The number of hydrogen-bond donors (Lipinski definition) is 4. The van der Waals surface area contributed by atoms with Crippen LogP contribution in [0.1, 0.15) is 113 Å². The number of amides is 4. The summed E-state index contributed by atoms with van der Waals surface area (Å²) in [5, 5.41) is 15.9. The lowest BCUT2D eigenvalue weighted by atomic mass is 9.95. The molecule has 0 aliphatic carbocycles. The number of hydrogen-bond acceptors (Lipinski definition) is 11. The summed E-state index contributed by atoms with van der Waals surface area (Å²) in [6.07, 6.45) is 12.7. The third-order valence-corrected chi connectivity index (χ3v) is 12.1. The Hall–Kier alpha value is -6.60. The first-order valence-electron chi connectivity index (χ1n) is 24.5. The molecule has 0 atom stereocenters. The number of halogens is 3. The minimum atomic E-state index is -1.10. The van der Waals surface area contributed by atoms with Crippen molar-refractivity contribution in [2.75, 3.05) is 51.8 Å². The topological polar surface area (TPSA) is 200 Å². The average Bonchev–Trinajstić information content (AvgIpc) is 3.89. The Kier molecular flexibility index (Phi) is 20.7. The highest BCUT2D eigenvalue weighted by Gasteiger charge is 2.29. The average molecular weight is 1030 g/mol. The van der Waals surface area contributed by atoms with Crippen LogP contribution in [0.25, 0.3) is 22.4 Å². The summed E-state index contributed by atoms with van der Waals surface area (Å²) < 4.78 is 50.0. The number of methoxy groups -OCH3 is 1. The summed E-state index contributed by atoms with van der Waals surface area (Å²) in [6.45, 7) is 15.2. The minimum absolute atomic E-state index is 0.0210. The van der Waals surface area contributed by atoms with Gasteiger partial charge in [-0.3, -0.25) is 23.9 Å². The summed E-state index contributed by atoms with van der Waals surface area (Å²) in [7, 11) is 3.08. The lowest BCUT2D eigenvalue weighted by Crippen LogP contribution is -2.43. The van der Waals surface area contributed by atoms with Crippen molar-refractivity contribution in [1.29, 1.82) is 0 Å². The van der Waals surface area contributed by atoms with Gasteiger partial charge in [-0.2, -0.15) is 5.10 Å². The van der Waals surface area contributed by atoms with Crippen LogP contribution >= 0.6 is 11.6 Å². The second-order valence-corrected chi connectivity index (χ2v) is 20.2. The number of nitrogens with one attached hydrogen (secondary N) is 4. The molecule has 0 saturated carbocycles. The number of benzene rings is 2. The van der Waals surface area contributed by atoms with Crippen LogP contribution in [0.15, 0.2) is 66.7 Å². The number of nitrogens with zero attached hydrogens (tertiary/aromatic N) is 5. The van der Waals surface area contributed by atoms with Gasteiger partial charge in [0.15, 0.2) is 17.5 Å². The number of allylic oxidation sites excluding steroid dienone is 3. The predicted octanol–water partition coefficient (Wildman–Crippen LogP) is 8.90. The maximum absolute atomic E-state index is 15.6. The first-order chi connectivity index (χ1) is 34.6. The first kappa shape index (κ1) is 57.3. The van der Waals surface area contributed by atoms with E-state index in [1.54, 1.807) is 29.8 Å². The predicted molar refractivity (Wildman–Crippen MR) is 276 cm³/mol. The molecule has 5 rings (SSSR count). The normalized spacial score (nSPS) is 13.5. The number of rotatable bonds is 22. The van der Waals surface area contributed by atoms with Crippen LogP contribution in [0, 0.1) is 24.5 Å². The highest BCUT2D eigenvalue weighted by Crippen LogP contribution is 2.33. The molecule has 0 unspecified atom stereocenters. The van der Waals surface area contributed by atoms with Crippen molar-refractivity contribution in [2.24, 2.45) is 13.0 Å². The SMILES string of the molecule is COCCn1ncc(-c2ccc(-c3cnc(C(=O)Nc4ccc(C(=O)N5CCC(C(=O)NCCCC(/C=C\NCC(=O)OC(C)(C)C)=C/CCCCNC(=O)OC(C)(C)C)CC5)c(Cl)c4)n3C)c(F)c2F)c1C. The van der Waals surface area contributed by atoms with Crippen LogP contribution in [-0.2, 0) is 37.4 Å². The quantitative estimate of drug-likeness (QED) is 0.0333. The second-order valence-electron chi connectivity index (χ2n) is 19.8. The molecule has 1 aliphatic heterocycles. The summed E-state index contributed by atoms with van der Waals surface area (Å²) >= 11 is 6.61. The van der Waals surface area contributed by atoms with Gasteiger partial charge in [0.25, 0.3) is 11.8 Å². The van der Waals surface area contributed by atoms with Crippen LogP contribution in [0.4, 0.5) is 19.3 Å². The summed E-state index contributed by atoms with van der Waals surface area (Å²) in [5.74, 6) is -3.90. The molecule has 3 heterocycles. The fraction of sp³-hybridized carbons (Fsp3) is 0.491. The first-order valence-corrected chi connectivity index (χ1v) is 24.9. The zero-order valence-electron chi connectivity index (χ0n) is 43.4. The molecule has 17 nitrogen and oxygen atoms in total. The number of esters is 1. The van der Waals surface area contributed by atoms with Gasteiger partial charge in [0.05, 0.1) is 41.8 Å². The molecular formula is C53H70ClF2N9O8. The van der Waals surface area contributed by atoms with E-state index in [2.05, 4.69) is 37.4 Å². The molecule has 1 aliphatic rings. The Morgan fingerprint density at radius 2 is 1.56 bits per heavy atom. The molecule has 4 amide bonds. The molecule has 0 bridgehead atoms. The molecule has 1 saturated heterocycles. The number of piperidine rings is 1. The lowest BCUT2D eigenvalue weighted by Gasteiger charge is -2.31. The number of likely N-dealkylation sites (tertiary alicyclic amines) is 1. The number of alkyl carbamates (subject to hydrolysis) is 1. The zero-order valence-corrected chi connectivity index (χ0v) is 44.1. The molecule has 2 aromatic heterocycles. The summed E-state index contributed by atoms with van der Waals surface area (Å²) in [6, 6.07) is 7.41. The van der Waals surface area contributed by atoms with E-state index in [9.17, 15) is 24.0 Å². The monoisotopic (exact) mass is 1030 g/mol. The Labute approximate surface area is 431 Å². The van der Waals surface area contributed by atoms with Crippen LogP contribution in [0.5, 0.6) is 0 Å². The molecule has 0 spiro atoms. The van der Waals surface area contributed by atoms with Gasteiger partial charge in [-0.15, -0.1) is 0 Å². The summed E-state index contributed by atoms with van der Waals surface area (Å²) in [4.78, 5) is 70.2. The Morgan fingerprint density at radius 3 is 2.25 bits per heavy atom. The molecule has 0 radical (unpaired) electrons. The van der Waals surface area contributed by atoms with Crippen molar-refractivity contribution in [3.63, 3.8) is 0 Å². The van der Waals surface area contributed by atoms with Gasteiger partial charge in [0.1, 0.15) is 17.7 Å². The maximum Gasteiger partial charge on any atom is 0.407 e. The van der Waals surface area contributed by atoms with Crippen LogP contribution in [0.3, 0.4) is 0 Å². The molecule has 396 valence electrons. The van der Waals surface area contributed by atoms with Crippen molar-refractivity contribution in [1.82, 2.24) is 40.2 Å². The molecule has 20 heteroatoms. The van der Waals surface area contributed by atoms with E-state index in [4.69, 9.17) is 25.8 Å². The van der Waals surface area contributed by atoms with Gasteiger partial charge in [-0.25, -0.2) is 18.6 Å². The largest absolute Gasteiger partial charge is 0.459 e. The van der Waals surface area contributed by atoms with Gasteiger partial charge in [-0.1, -0.05) is 29.3 Å². The number of carbonyl (C=O) groups is 5. The van der Waals surface area contributed by atoms with E-state index in [0.717, 1.165) is 24.8 Å². The summed E-state index contributed by atoms with van der Waals surface area (Å²) in [5.41, 5.74) is 1.63. The third kappa shape index (κ3) is 17.0. The lowest BCUT2D eigenvalue weighted by molar-refractivity contribution is -0.153. The highest BCUT2D eigenvalue weighted by molar-refractivity contribution is 6.34. The molecule has 73 heavy (non-hydrogen) atoms. The van der Waals surface area contributed by atoms with E-state index in [1.165, 1.54) is 54.3 Å². The van der Waals surface area contributed by atoms with E-state index < -0.39 is 34.8 Å². The number of anilines is 1. The Balaban J connectivity index is 1.09. The van der Waals surface area contributed by atoms with Crippen LogP contribution in [-0.4, -0.2) is 112 Å². The van der Waals surface area contributed by atoms with E-state index in [0.29, 0.717) is 76.3 Å². The van der Waals surface area contributed by atoms with Crippen LogP contribution < -0.4 is 21.3 Å². The Bertz CT molecular complexity index is 2640. The molecule has 2 aromatic carbocycles. The standard InChI is InChI=1S/C53H70ClF2N9O8/c1-34-41(31-61-65(34)28-29-71-9)38-18-19-40(46(56)45(38)55)43-32-60-47(63(43)8)49(68)62-37-16-17-39(42(54)30-37)50(69)64-26-21-36(22-27-64)48(67)58-24-13-15-35(20-25-57-33-44(66)72-52(2,3)4)14-11-10-12-23-59-51(70)73-53(5,6)7/h14,16-20,25,30-32,36,57H,10-13,15,21-24,26-29,33H2,1-9H3,(H,58,67)(H,59,70)(H,62,68)/b25-20-,35-14-. The fourth-order valence-corrected chi connectivity index (χ4v) is 8.32. The van der Waals surface area contributed by atoms with E-state index in [-0.39, 0.29) is 69.2 Å². The van der Waals surface area contributed by atoms with Gasteiger partial charge >= 0.3 is 12.1 Å². The van der Waals surface area contributed by atoms with Crippen molar-refractivity contribution in [2.45, 2.75) is 111 Å². The van der Waals surface area contributed by atoms with E-state index >= 15 is 8.78 Å². The Morgan fingerprint density at radius 1 is 0.877 bits per heavy atom. The fourth-order valence-electron chi connectivity index (χ4n) is 8.06. The number of unbranched alkanes of at least 4 members (excludes halogenated alkanes) is 2. The molecular weight excluding hydrogens is 964 g/mol. The van der Waals surface area contributed by atoms with Gasteiger partial charge in [0, 0.05) is 74.3 Å². The molecule has 4 N–H and O–H groups in total. The molecule has 4 aromatic rings. The number of aromatic nitrogens is 4. The zero-order chi connectivity index (χ0) is 53.5. The smallest absolute Gasteiger partial charge is 0.407 e. The van der Waals surface area contributed by atoms with Crippen molar-refractivity contribution in [3.05, 3.63) is 100 Å². The number of carbonyl (C=O) groups excluding carboxylic acids is 5.